The number of aliphatic carboxylic acids is 1. The van der Waals surface area contributed by atoms with Gasteiger partial charge in [-0.25, -0.2) is 4.79 Å². The smallest absolute Gasteiger partial charge is 0.332 e. The van der Waals surface area contributed by atoms with E-state index in [1.165, 1.54) is 0 Å². The molecule has 2 aromatic rings. The molecule has 1 aliphatic rings. The van der Waals surface area contributed by atoms with Crippen LogP contribution >= 0.6 is 0 Å². The highest BCUT2D eigenvalue weighted by atomic mass is 16.6. The van der Waals surface area contributed by atoms with E-state index in [-0.39, 0.29) is 6.04 Å². The van der Waals surface area contributed by atoms with Gasteiger partial charge in [0.25, 0.3) is 0 Å². The highest BCUT2D eigenvalue weighted by Gasteiger charge is 2.22. The summed E-state index contributed by atoms with van der Waals surface area (Å²) in [6.07, 6.45) is 3.08. The number of benzene rings is 2. The van der Waals surface area contributed by atoms with Crippen molar-refractivity contribution in [3.8, 4) is 0 Å². The maximum atomic E-state index is 11.3. The maximum Gasteiger partial charge on any atom is 0.332 e. The highest BCUT2D eigenvalue weighted by Crippen LogP contribution is 2.14. The molecule has 0 saturated carbocycles. The summed E-state index contributed by atoms with van der Waals surface area (Å²) < 4.78 is 0. The van der Waals surface area contributed by atoms with Crippen LogP contribution in [-0.4, -0.2) is 36.0 Å². The molecule has 0 amide bonds. The number of nitrogens with zero attached hydrogens (tertiary/aromatic N) is 1. The number of nitrogens with one attached hydrogen (secondary N) is 1. The van der Waals surface area contributed by atoms with Crippen LogP contribution in [0.3, 0.4) is 0 Å². The Kier molecular flexibility index (Phi) is 6.17. The van der Waals surface area contributed by atoms with Crippen LogP contribution in [0, 0.1) is 0 Å². The third-order valence-corrected chi connectivity index (χ3v) is 4.27. The number of rotatable bonds is 7. The Morgan fingerprint density at radius 3 is 2.27 bits per heavy atom. The Labute approximate surface area is 153 Å². The average molecular weight is 350 g/mol. The minimum absolute atomic E-state index is 0.201. The van der Waals surface area contributed by atoms with Gasteiger partial charge in [0.2, 0.25) is 0 Å². The predicted octanol–water partition coefficient (Wildman–Crippen LogP) is 3.22. The van der Waals surface area contributed by atoms with E-state index in [1.54, 1.807) is 6.08 Å². The van der Waals surface area contributed by atoms with Gasteiger partial charge in [0.1, 0.15) is 12.3 Å². The molecule has 0 radical (unpaired) electrons. The van der Waals surface area contributed by atoms with E-state index in [0.29, 0.717) is 18.6 Å². The zero-order chi connectivity index (χ0) is 18.2. The van der Waals surface area contributed by atoms with Crippen LogP contribution in [0.1, 0.15) is 24.0 Å². The van der Waals surface area contributed by atoms with E-state index in [2.05, 4.69) is 10.5 Å². The van der Waals surface area contributed by atoms with Crippen molar-refractivity contribution in [2.75, 3.05) is 13.2 Å². The molecule has 3 rings (SSSR count). The second kappa shape index (κ2) is 8.97. The van der Waals surface area contributed by atoms with E-state index in [4.69, 9.17) is 4.84 Å². The van der Waals surface area contributed by atoms with Crippen molar-refractivity contribution in [1.82, 2.24) is 5.32 Å². The lowest BCUT2D eigenvalue weighted by molar-refractivity contribution is -0.133. The van der Waals surface area contributed by atoms with E-state index >= 15 is 0 Å². The van der Waals surface area contributed by atoms with Gasteiger partial charge in [-0.2, -0.15) is 0 Å². The molecular weight excluding hydrogens is 328 g/mol. The quantitative estimate of drug-likeness (QED) is 0.457. The molecule has 2 aromatic carbocycles. The molecule has 5 nitrogen and oxygen atoms in total. The number of carboxylic acids is 1. The van der Waals surface area contributed by atoms with Crippen LogP contribution in [0.15, 0.2) is 77.5 Å². The van der Waals surface area contributed by atoms with E-state index < -0.39 is 5.97 Å². The lowest BCUT2D eigenvalue weighted by Gasteiger charge is -2.22. The van der Waals surface area contributed by atoms with Crippen LogP contribution in [0.25, 0.3) is 0 Å². The summed E-state index contributed by atoms with van der Waals surface area (Å²) in [5.41, 5.74) is 3.12. The van der Waals surface area contributed by atoms with Gasteiger partial charge >= 0.3 is 5.97 Å². The summed E-state index contributed by atoms with van der Waals surface area (Å²) in [6.45, 7) is 1.12. The summed E-state index contributed by atoms with van der Waals surface area (Å²) >= 11 is 0. The first-order chi connectivity index (χ1) is 12.8. The van der Waals surface area contributed by atoms with E-state index in [1.807, 2.05) is 60.7 Å². The molecule has 2 N–H and O–H groups in total. The predicted molar refractivity (Wildman–Crippen MR) is 101 cm³/mol. The first-order valence-electron chi connectivity index (χ1n) is 8.73. The third-order valence-electron chi connectivity index (χ3n) is 4.27. The molecule has 0 bridgehead atoms. The molecule has 1 aliphatic heterocycles. The van der Waals surface area contributed by atoms with Crippen molar-refractivity contribution in [3.63, 3.8) is 0 Å². The molecule has 0 spiro atoms. The average Bonchev–Trinajstić information content (AvgIpc) is 2.69. The standard InChI is InChI=1S/C21H22N2O3/c24-21(25)18-12-7-14-22-19(18)13-15-26-23-20(16-8-3-1-4-9-16)17-10-5-2-6-11-17/h1-6,8-12,19,22H,7,13-15H2,(H,24,25). The fourth-order valence-electron chi connectivity index (χ4n) is 2.98. The van der Waals surface area contributed by atoms with Gasteiger partial charge in [-0.05, 0) is 13.0 Å². The van der Waals surface area contributed by atoms with Crippen molar-refractivity contribution < 1.29 is 14.7 Å². The number of hydrogen-bond donors (Lipinski definition) is 2. The summed E-state index contributed by atoms with van der Waals surface area (Å²) in [6, 6.07) is 19.5. The van der Waals surface area contributed by atoms with Gasteiger partial charge in [-0.1, -0.05) is 71.9 Å². The first kappa shape index (κ1) is 17.9. The number of carboxylic acid groups (broad SMARTS) is 1. The molecule has 0 aromatic heterocycles. The molecule has 1 atom stereocenters. The van der Waals surface area contributed by atoms with Gasteiger partial charge in [-0.3, -0.25) is 0 Å². The Hall–Kier alpha value is -2.92. The molecular formula is C21H22N2O3. The fraction of sp³-hybridized carbons (Fsp3) is 0.238. The third kappa shape index (κ3) is 4.58. The molecule has 0 saturated heterocycles. The molecule has 0 aliphatic carbocycles. The Morgan fingerprint density at radius 2 is 1.69 bits per heavy atom. The number of hydrogen-bond acceptors (Lipinski definition) is 4. The Morgan fingerprint density at radius 1 is 1.08 bits per heavy atom. The second-order valence-electron chi connectivity index (χ2n) is 6.05. The molecule has 134 valence electrons. The van der Waals surface area contributed by atoms with Crippen LogP contribution in [0.4, 0.5) is 0 Å². The molecule has 26 heavy (non-hydrogen) atoms. The number of carbonyl (C=O) groups is 1. The van der Waals surface area contributed by atoms with E-state index in [9.17, 15) is 9.90 Å². The lowest BCUT2D eigenvalue weighted by Crippen LogP contribution is -2.38. The molecule has 0 fully saturated rings. The monoisotopic (exact) mass is 350 g/mol. The molecule has 1 heterocycles. The fourth-order valence-corrected chi connectivity index (χ4v) is 2.98. The van der Waals surface area contributed by atoms with Gasteiger partial charge < -0.3 is 15.3 Å². The summed E-state index contributed by atoms with van der Waals surface area (Å²) in [7, 11) is 0. The molecule has 5 heteroatoms. The summed E-state index contributed by atoms with van der Waals surface area (Å²) in [5.74, 6) is -0.875. The lowest BCUT2D eigenvalue weighted by atomic mass is 10.00. The SMILES string of the molecule is O=C(O)C1=CCCNC1CCON=C(c1ccccc1)c1ccccc1. The van der Waals surface area contributed by atoms with Crippen LogP contribution in [0.2, 0.25) is 0 Å². The van der Waals surface area contributed by atoms with Gasteiger partial charge in [0.15, 0.2) is 0 Å². The Balaban J connectivity index is 1.69. The number of oxime groups is 1. The van der Waals surface area contributed by atoms with Gasteiger partial charge in [0.05, 0.1) is 5.57 Å². The second-order valence-corrected chi connectivity index (χ2v) is 6.05. The normalized spacial score (nSPS) is 16.5. The van der Waals surface area contributed by atoms with Crippen molar-refractivity contribution in [2.24, 2.45) is 5.16 Å². The van der Waals surface area contributed by atoms with Crippen molar-refractivity contribution in [3.05, 3.63) is 83.4 Å². The minimum Gasteiger partial charge on any atom is -0.478 e. The zero-order valence-electron chi connectivity index (χ0n) is 14.5. The summed E-state index contributed by atoms with van der Waals surface area (Å²) in [5, 5.41) is 16.8. The zero-order valence-corrected chi connectivity index (χ0v) is 14.5. The van der Waals surface area contributed by atoms with Crippen LogP contribution < -0.4 is 5.32 Å². The van der Waals surface area contributed by atoms with Crippen molar-refractivity contribution in [2.45, 2.75) is 18.9 Å². The minimum atomic E-state index is -0.875. The van der Waals surface area contributed by atoms with Crippen LogP contribution in [0.5, 0.6) is 0 Å². The highest BCUT2D eigenvalue weighted by molar-refractivity contribution is 6.12. The van der Waals surface area contributed by atoms with Crippen molar-refractivity contribution >= 4 is 11.7 Å². The van der Waals surface area contributed by atoms with Gasteiger partial charge in [0, 0.05) is 23.6 Å². The van der Waals surface area contributed by atoms with Crippen molar-refractivity contribution in [1.29, 1.82) is 0 Å². The van der Waals surface area contributed by atoms with Crippen LogP contribution in [-0.2, 0) is 9.63 Å². The topological polar surface area (TPSA) is 70.9 Å². The Bertz CT molecular complexity index is 744. The van der Waals surface area contributed by atoms with Gasteiger partial charge in [-0.15, -0.1) is 0 Å². The maximum absolute atomic E-state index is 11.3. The molecule has 1 unspecified atom stereocenters. The summed E-state index contributed by atoms with van der Waals surface area (Å²) in [4.78, 5) is 16.9. The largest absolute Gasteiger partial charge is 0.478 e. The first-order valence-corrected chi connectivity index (χ1v) is 8.73. The van der Waals surface area contributed by atoms with E-state index in [0.717, 1.165) is 29.8 Å².